The van der Waals surface area contributed by atoms with Crippen LogP contribution in [0.4, 0.5) is 0 Å². The molecule has 2 heterocycles. The van der Waals surface area contributed by atoms with Crippen LogP contribution >= 0.6 is 0 Å². The number of nitrogens with one attached hydrogen (secondary N) is 1. The van der Waals surface area contributed by atoms with Crippen molar-refractivity contribution >= 4 is 0 Å². The van der Waals surface area contributed by atoms with Crippen molar-refractivity contribution in [1.82, 2.24) is 10.3 Å². The maximum atomic E-state index is 10.4. The minimum Gasteiger partial charge on any atom is -0.481 e. The monoisotopic (exact) mass is 236 g/mol. The predicted molar refractivity (Wildman–Crippen MR) is 66.3 cm³/mol. The summed E-state index contributed by atoms with van der Waals surface area (Å²) in [6.45, 7) is 3.75. The summed E-state index contributed by atoms with van der Waals surface area (Å²) < 4.78 is 5.13. The molecule has 4 heteroatoms. The molecule has 1 aliphatic heterocycles. The molecule has 1 aliphatic rings. The minimum absolute atomic E-state index is 0.575. The number of piperidine rings is 1. The molecular formula is C13H20N2O2. The van der Waals surface area contributed by atoms with Crippen molar-refractivity contribution in [1.29, 1.82) is 0 Å². The Balaban J connectivity index is 2.10. The quantitative estimate of drug-likeness (QED) is 0.824. The number of ether oxygens (including phenoxy) is 1. The van der Waals surface area contributed by atoms with E-state index in [2.05, 4.69) is 10.3 Å². The highest BCUT2D eigenvalue weighted by Gasteiger charge is 2.29. The Kier molecular flexibility index (Phi) is 3.64. The fraction of sp³-hybridized carbons (Fsp3) is 0.615. The van der Waals surface area contributed by atoms with Crippen LogP contribution in [0.15, 0.2) is 12.3 Å². The van der Waals surface area contributed by atoms with E-state index >= 15 is 0 Å². The number of pyridine rings is 1. The van der Waals surface area contributed by atoms with Gasteiger partial charge in [0.1, 0.15) is 0 Å². The first-order chi connectivity index (χ1) is 8.13. The maximum absolute atomic E-state index is 10.4. The third-order valence-electron chi connectivity index (χ3n) is 3.35. The summed E-state index contributed by atoms with van der Waals surface area (Å²) in [6.07, 6.45) is 4.08. The molecule has 0 aromatic carbocycles. The molecule has 0 aliphatic carbocycles. The van der Waals surface area contributed by atoms with Crippen LogP contribution in [0, 0.1) is 6.92 Å². The Labute approximate surface area is 102 Å². The second-order valence-corrected chi connectivity index (χ2v) is 4.82. The third-order valence-corrected chi connectivity index (χ3v) is 3.35. The van der Waals surface area contributed by atoms with Crippen LogP contribution in [0.2, 0.25) is 0 Å². The van der Waals surface area contributed by atoms with Crippen molar-refractivity contribution in [3.8, 4) is 5.88 Å². The van der Waals surface area contributed by atoms with Crippen LogP contribution in [0.1, 0.15) is 24.0 Å². The molecule has 0 unspecified atom stereocenters. The molecule has 1 aromatic rings. The number of methoxy groups -OCH3 is 1. The molecule has 17 heavy (non-hydrogen) atoms. The van der Waals surface area contributed by atoms with Gasteiger partial charge in [-0.05, 0) is 44.5 Å². The van der Waals surface area contributed by atoms with Crippen LogP contribution < -0.4 is 10.1 Å². The highest BCUT2D eigenvalue weighted by atomic mass is 16.5. The molecule has 1 aromatic heterocycles. The van der Waals surface area contributed by atoms with Gasteiger partial charge in [0, 0.05) is 18.2 Å². The Morgan fingerprint density at radius 3 is 2.76 bits per heavy atom. The Hall–Kier alpha value is -1.13. The lowest BCUT2D eigenvalue weighted by molar-refractivity contribution is 0.0108. The lowest BCUT2D eigenvalue weighted by atomic mass is 9.86. The fourth-order valence-corrected chi connectivity index (χ4v) is 2.38. The van der Waals surface area contributed by atoms with Gasteiger partial charge in [0.15, 0.2) is 0 Å². The summed E-state index contributed by atoms with van der Waals surface area (Å²) in [5.74, 6) is 0.658. The van der Waals surface area contributed by atoms with Gasteiger partial charge in [-0.25, -0.2) is 4.98 Å². The standard InChI is InChI=1S/C13H20N2O2/c1-10-7-11(9-15-12(10)17-2)8-13(16)3-5-14-6-4-13/h7,9,14,16H,3-6,8H2,1-2H3. The summed E-state index contributed by atoms with van der Waals surface area (Å²) in [5, 5.41) is 13.7. The lowest BCUT2D eigenvalue weighted by Crippen LogP contribution is -2.43. The van der Waals surface area contributed by atoms with Gasteiger partial charge in [-0.2, -0.15) is 0 Å². The molecule has 0 bridgehead atoms. The van der Waals surface area contributed by atoms with Gasteiger partial charge >= 0.3 is 0 Å². The van der Waals surface area contributed by atoms with E-state index in [1.165, 1.54) is 0 Å². The van der Waals surface area contributed by atoms with Gasteiger partial charge in [0.25, 0.3) is 0 Å². The van der Waals surface area contributed by atoms with Crippen molar-refractivity contribution in [3.63, 3.8) is 0 Å². The Morgan fingerprint density at radius 2 is 2.18 bits per heavy atom. The van der Waals surface area contributed by atoms with Gasteiger partial charge in [0.05, 0.1) is 12.7 Å². The van der Waals surface area contributed by atoms with Crippen LogP contribution in [-0.2, 0) is 6.42 Å². The summed E-state index contributed by atoms with van der Waals surface area (Å²) in [7, 11) is 1.62. The predicted octanol–water partition coefficient (Wildman–Crippen LogP) is 1.06. The largest absolute Gasteiger partial charge is 0.481 e. The molecule has 1 fully saturated rings. The highest BCUT2D eigenvalue weighted by Crippen LogP contribution is 2.24. The molecule has 2 rings (SSSR count). The van der Waals surface area contributed by atoms with Crippen LogP contribution in [0.25, 0.3) is 0 Å². The second-order valence-electron chi connectivity index (χ2n) is 4.82. The zero-order chi connectivity index (χ0) is 12.3. The average Bonchev–Trinajstić information content (AvgIpc) is 2.29. The Morgan fingerprint density at radius 1 is 1.47 bits per heavy atom. The normalized spacial score (nSPS) is 19.0. The first-order valence-electron chi connectivity index (χ1n) is 6.06. The highest BCUT2D eigenvalue weighted by molar-refractivity contribution is 5.29. The van der Waals surface area contributed by atoms with E-state index < -0.39 is 5.60 Å². The zero-order valence-electron chi connectivity index (χ0n) is 10.5. The molecule has 0 spiro atoms. The zero-order valence-corrected chi connectivity index (χ0v) is 10.5. The number of hydrogen-bond donors (Lipinski definition) is 2. The average molecular weight is 236 g/mol. The first-order valence-corrected chi connectivity index (χ1v) is 6.06. The maximum Gasteiger partial charge on any atom is 0.215 e. The van der Waals surface area contributed by atoms with Crippen LogP contribution in [0.3, 0.4) is 0 Å². The summed E-state index contributed by atoms with van der Waals surface area (Å²) in [6, 6.07) is 2.05. The molecule has 0 amide bonds. The molecule has 94 valence electrons. The number of rotatable bonds is 3. The molecule has 2 N–H and O–H groups in total. The van der Waals surface area contributed by atoms with E-state index in [4.69, 9.17) is 4.74 Å². The van der Waals surface area contributed by atoms with E-state index in [0.717, 1.165) is 37.1 Å². The smallest absolute Gasteiger partial charge is 0.215 e. The lowest BCUT2D eigenvalue weighted by Gasteiger charge is -2.32. The van der Waals surface area contributed by atoms with Gasteiger partial charge in [0.2, 0.25) is 5.88 Å². The van der Waals surface area contributed by atoms with Gasteiger partial charge in [-0.3, -0.25) is 0 Å². The van der Waals surface area contributed by atoms with Crippen molar-refractivity contribution in [2.75, 3.05) is 20.2 Å². The molecule has 4 nitrogen and oxygen atoms in total. The summed E-state index contributed by atoms with van der Waals surface area (Å²) in [5.41, 5.74) is 1.52. The van der Waals surface area contributed by atoms with Crippen LogP contribution in [-0.4, -0.2) is 35.9 Å². The molecular weight excluding hydrogens is 216 g/mol. The first kappa shape index (κ1) is 12.3. The minimum atomic E-state index is -0.575. The third kappa shape index (κ3) is 2.96. The molecule has 1 saturated heterocycles. The second kappa shape index (κ2) is 5.02. The van der Waals surface area contributed by atoms with Crippen molar-refractivity contribution in [2.45, 2.75) is 31.8 Å². The SMILES string of the molecule is COc1ncc(CC2(O)CCNCC2)cc1C. The van der Waals surface area contributed by atoms with Crippen molar-refractivity contribution in [3.05, 3.63) is 23.4 Å². The summed E-state index contributed by atoms with van der Waals surface area (Å²) >= 11 is 0. The van der Waals surface area contributed by atoms with E-state index in [1.54, 1.807) is 13.3 Å². The summed E-state index contributed by atoms with van der Waals surface area (Å²) in [4.78, 5) is 4.24. The van der Waals surface area contributed by atoms with Gasteiger partial charge < -0.3 is 15.2 Å². The van der Waals surface area contributed by atoms with Crippen molar-refractivity contribution < 1.29 is 9.84 Å². The van der Waals surface area contributed by atoms with Gasteiger partial charge in [-0.1, -0.05) is 0 Å². The molecule has 0 atom stereocenters. The number of hydrogen-bond acceptors (Lipinski definition) is 4. The topological polar surface area (TPSA) is 54.4 Å². The van der Waals surface area contributed by atoms with E-state index in [0.29, 0.717) is 12.3 Å². The molecule has 0 saturated carbocycles. The Bertz CT molecular complexity index is 387. The number of aryl methyl sites for hydroxylation is 1. The van der Waals surface area contributed by atoms with Gasteiger partial charge in [-0.15, -0.1) is 0 Å². The van der Waals surface area contributed by atoms with Crippen LogP contribution in [0.5, 0.6) is 5.88 Å². The molecule has 0 radical (unpaired) electrons. The number of nitrogens with zero attached hydrogens (tertiary/aromatic N) is 1. The van der Waals surface area contributed by atoms with E-state index in [-0.39, 0.29) is 0 Å². The van der Waals surface area contributed by atoms with E-state index in [9.17, 15) is 5.11 Å². The van der Waals surface area contributed by atoms with E-state index in [1.807, 2.05) is 13.0 Å². The van der Waals surface area contributed by atoms with Crippen molar-refractivity contribution in [2.24, 2.45) is 0 Å². The number of aromatic nitrogens is 1. The fourth-order valence-electron chi connectivity index (χ4n) is 2.38. The number of aliphatic hydroxyl groups is 1.